The predicted octanol–water partition coefficient (Wildman–Crippen LogP) is 3.79. The summed E-state index contributed by atoms with van der Waals surface area (Å²) in [5.74, 6) is -0.0421. The zero-order valence-corrected chi connectivity index (χ0v) is 20.9. The van der Waals surface area contributed by atoms with E-state index in [2.05, 4.69) is 46.3 Å². The second kappa shape index (κ2) is 12.8. The molecular formula is C21H34F4IN5. The minimum Gasteiger partial charge on any atom is -0.357 e. The Bertz CT molecular complexity index is 704. The van der Waals surface area contributed by atoms with Gasteiger partial charge in [-0.3, -0.25) is 4.90 Å². The molecule has 0 radical (unpaired) electrons. The molecule has 0 aromatic heterocycles. The number of hydrogen-bond donors (Lipinski definition) is 2. The van der Waals surface area contributed by atoms with Crippen LogP contribution < -0.4 is 10.6 Å². The van der Waals surface area contributed by atoms with Crippen molar-refractivity contribution in [2.45, 2.75) is 39.5 Å². The molecule has 0 spiro atoms. The lowest BCUT2D eigenvalue weighted by molar-refractivity contribution is -0.138. The minimum absolute atomic E-state index is 0. The Hall–Kier alpha value is -1.14. The summed E-state index contributed by atoms with van der Waals surface area (Å²) in [7, 11) is 2.11. The molecule has 2 N–H and O–H groups in total. The lowest BCUT2D eigenvalue weighted by Crippen LogP contribution is -2.55. The van der Waals surface area contributed by atoms with Gasteiger partial charge in [0.15, 0.2) is 5.96 Å². The van der Waals surface area contributed by atoms with Gasteiger partial charge in [-0.1, -0.05) is 19.9 Å². The van der Waals surface area contributed by atoms with Crippen molar-refractivity contribution in [1.29, 1.82) is 0 Å². The van der Waals surface area contributed by atoms with Crippen molar-refractivity contribution in [2.75, 3.05) is 46.3 Å². The van der Waals surface area contributed by atoms with Crippen LogP contribution in [0.1, 0.15) is 31.9 Å². The van der Waals surface area contributed by atoms with Crippen molar-refractivity contribution in [3.63, 3.8) is 0 Å². The third-order valence-electron chi connectivity index (χ3n) is 5.38. The Morgan fingerprint density at radius 2 is 1.77 bits per heavy atom. The van der Waals surface area contributed by atoms with E-state index in [1.54, 1.807) is 0 Å². The maximum absolute atomic E-state index is 13.3. The van der Waals surface area contributed by atoms with Gasteiger partial charge in [-0.25, -0.2) is 9.38 Å². The fourth-order valence-electron chi connectivity index (χ4n) is 3.60. The number of halogens is 5. The molecule has 0 amide bonds. The van der Waals surface area contributed by atoms with Crippen molar-refractivity contribution in [1.82, 2.24) is 20.4 Å². The maximum atomic E-state index is 13.3. The molecule has 1 saturated heterocycles. The zero-order valence-electron chi connectivity index (χ0n) is 18.6. The van der Waals surface area contributed by atoms with Gasteiger partial charge in [0.2, 0.25) is 0 Å². The second-order valence-corrected chi connectivity index (χ2v) is 8.03. The lowest BCUT2D eigenvalue weighted by Gasteiger charge is -2.40. The zero-order chi connectivity index (χ0) is 22.3. The van der Waals surface area contributed by atoms with Crippen LogP contribution in [0.2, 0.25) is 0 Å². The summed E-state index contributed by atoms with van der Waals surface area (Å²) in [5, 5.41) is 6.36. The Kier molecular flexibility index (Phi) is 11.5. The molecule has 178 valence electrons. The molecule has 1 aliphatic rings. The second-order valence-electron chi connectivity index (χ2n) is 8.03. The van der Waals surface area contributed by atoms with E-state index < -0.39 is 17.6 Å². The molecule has 1 heterocycles. The van der Waals surface area contributed by atoms with E-state index in [0.29, 0.717) is 37.1 Å². The van der Waals surface area contributed by atoms with Gasteiger partial charge in [-0.15, -0.1) is 24.0 Å². The average Bonchev–Trinajstić information content (AvgIpc) is 2.67. The Labute approximate surface area is 199 Å². The molecule has 0 saturated carbocycles. The highest BCUT2D eigenvalue weighted by molar-refractivity contribution is 14.0. The molecule has 1 atom stereocenters. The molecule has 1 aromatic rings. The monoisotopic (exact) mass is 559 g/mol. The van der Waals surface area contributed by atoms with Gasteiger partial charge in [0, 0.05) is 45.3 Å². The number of alkyl halides is 3. The average molecular weight is 559 g/mol. The molecule has 2 rings (SSSR count). The highest BCUT2D eigenvalue weighted by atomic mass is 127. The summed E-state index contributed by atoms with van der Waals surface area (Å²) in [6, 6.07) is 2.99. The standard InChI is InChI=1S/C21H33F4N5.HI/c1-5-26-20(27-13-16-6-7-17(22)12-18(16)21(23,24)25)28-14-19(15(2)3)30-10-8-29(4)9-11-30;/h6-7,12,15,19H,5,8-11,13-14H2,1-4H3,(H2,26,27,28);1H. The lowest BCUT2D eigenvalue weighted by atomic mass is 10.0. The van der Waals surface area contributed by atoms with Crippen LogP contribution in [0.25, 0.3) is 0 Å². The van der Waals surface area contributed by atoms with Crippen LogP contribution in [0.5, 0.6) is 0 Å². The van der Waals surface area contributed by atoms with E-state index in [4.69, 9.17) is 0 Å². The smallest absolute Gasteiger partial charge is 0.357 e. The third kappa shape index (κ3) is 8.72. The highest BCUT2D eigenvalue weighted by Gasteiger charge is 2.33. The normalized spacial score (nSPS) is 17.4. The fourth-order valence-corrected chi connectivity index (χ4v) is 3.60. The first-order valence-corrected chi connectivity index (χ1v) is 10.4. The summed E-state index contributed by atoms with van der Waals surface area (Å²) in [6.45, 7) is 11.3. The molecule has 31 heavy (non-hydrogen) atoms. The molecule has 0 aliphatic carbocycles. The third-order valence-corrected chi connectivity index (χ3v) is 5.38. The van der Waals surface area contributed by atoms with Crippen LogP contribution in [0.3, 0.4) is 0 Å². The van der Waals surface area contributed by atoms with Crippen LogP contribution in [-0.4, -0.2) is 68.1 Å². The SMILES string of the molecule is CCNC(=NCc1ccc(F)cc1C(F)(F)F)NCC(C(C)C)N1CCN(C)CC1.I. The first kappa shape index (κ1) is 27.9. The van der Waals surface area contributed by atoms with E-state index >= 15 is 0 Å². The molecule has 5 nitrogen and oxygen atoms in total. The van der Waals surface area contributed by atoms with Crippen LogP contribution in [0, 0.1) is 11.7 Å². The predicted molar refractivity (Wildman–Crippen MR) is 127 cm³/mol. The van der Waals surface area contributed by atoms with E-state index in [9.17, 15) is 17.6 Å². The molecule has 10 heteroatoms. The number of likely N-dealkylation sites (N-methyl/N-ethyl adjacent to an activating group) is 1. The number of guanidine groups is 1. The summed E-state index contributed by atoms with van der Waals surface area (Å²) in [4.78, 5) is 9.07. The molecule has 0 bridgehead atoms. The topological polar surface area (TPSA) is 42.9 Å². The van der Waals surface area contributed by atoms with Crippen LogP contribution in [0.15, 0.2) is 23.2 Å². The van der Waals surface area contributed by atoms with Gasteiger partial charge in [-0.2, -0.15) is 13.2 Å². The number of piperazine rings is 1. The number of nitrogens with one attached hydrogen (secondary N) is 2. The number of aliphatic imine (C=N–C) groups is 1. The van der Waals surface area contributed by atoms with Gasteiger partial charge in [0.25, 0.3) is 0 Å². The summed E-state index contributed by atoms with van der Waals surface area (Å²) < 4.78 is 53.0. The van der Waals surface area contributed by atoms with Crippen molar-refractivity contribution in [3.8, 4) is 0 Å². The first-order chi connectivity index (χ1) is 14.1. The quantitative estimate of drug-likeness (QED) is 0.231. The van der Waals surface area contributed by atoms with Crippen molar-refractivity contribution in [2.24, 2.45) is 10.9 Å². The van der Waals surface area contributed by atoms with Gasteiger partial charge in [0.05, 0.1) is 12.1 Å². The van der Waals surface area contributed by atoms with Crippen LogP contribution in [0.4, 0.5) is 17.6 Å². The van der Waals surface area contributed by atoms with Crippen molar-refractivity contribution in [3.05, 3.63) is 35.1 Å². The van der Waals surface area contributed by atoms with Gasteiger partial charge in [0.1, 0.15) is 5.82 Å². The van der Waals surface area contributed by atoms with Gasteiger partial charge >= 0.3 is 6.18 Å². The van der Waals surface area contributed by atoms with Crippen LogP contribution >= 0.6 is 24.0 Å². The van der Waals surface area contributed by atoms with E-state index in [0.717, 1.165) is 38.3 Å². The molecular weight excluding hydrogens is 525 g/mol. The van der Waals surface area contributed by atoms with Gasteiger partial charge < -0.3 is 15.5 Å². The Balaban J connectivity index is 0.00000480. The number of nitrogens with zero attached hydrogens (tertiary/aromatic N) is 3. The molecule has 1 fully saturated rings. The summed E-state index contributed by atoms with van der Waals surface area (Å²) in [5.41, 5.74) is -1.04. The molecule has 1 aliphatic heterocycles. The minimum atomic E-state index is -4.62. The van der Waals surface area contributed by atoms with E-state index in [1.165, 1.54) is 0 Å². The number of rotatable bonds is 7. The van der Waals surface area contributed by atoms with Crippen molar-refractivity contribution >= 4 is 29.9 Å². The van der Waals surface area contributed by atoms with E-state index in [-0.39, 0.29) is 36.1 Å². The number of hydrogen-bond acceptors (Lipinski definition) is 3. The Morgan fingerprint density at radius 1 is 1.13 bits per heavy atom. The molecule has 1 unspecified atom stereocenters. The van der Waals surface area contributed by atoms with Gasteiger partial charge in [-0.05, 0) is 37.6 Å². The number of benzene rings is 1. The largest absolute Gasteiger partial charge is 0.416 e. The highest BCUT2D eigenvalue weighted by Crippen LogP contribution is 2.32. The maximum Gasteiger partial charge on any atom is 0.416 e. The Morgan fingerprint density at radius 3 is 2.32 bits per heavy atom. The van der Waals surface area contributed by atoms with Crippen molar-refractivity contribution < 1.29 is 17.6 Å². The summed E-state index contributed by atoms with van der Waals surface area (Å²) in [6.07, 6.45) is -4.62. The fraction of sp³-hybridized carbons (Fsp3) is 0.667. The van der Waals surface area contributed by atoms with Crippen LogP contribution in [-0.2, 0) is 12.7 Å². The molecule has 1 aromatic carbocycles. The summed E-state index contributed by atoms with van der Waals surface area (Å²) >= 11 is 0. The van der Waals surface area contributed by atoms with E-state index in [1.807, 2.05) is 6.92 Å². The first-order valence-electron chi connectivity index (χ1n) is 10.4.